The first-order valence-electron chi connectivity index (χ1n) is 3.59. The number of pyridine rings is 1. The molecule has 0 bridgehead atoms. The number of fused-ring (bicyclic) bond motifs is 1. The molecular weight excluding hydrogens is 126 g/mol. The first kappa shape index (κ1) is 4.50. The van der Waals surface area contributed by atoms with Crippen LogP contribution in [0.5, 0.6) is 0 Å². The van der Waals surface area contributed by atoms with Crippen molar-refractivity contribution in [2.24, 2.45) is 0 Å². The van der Waals surface area contributed by atoms with Crippen molar-refractivity contribution in [1.82, 2.24) is 4.98 Å². The first-order valence-corrected chi connectivity index (χ1v) is 3.09. The highest BCUT2D eigenvalue weighted by Gasteiger charge is 1.94. The Morgan fingerprint density at radius 2 is 2.60 bits per heavy atom. The molecule has 0 atom stereocenters. The van der Waals surface area contributed by atoms with Crippen LogP contribution in [0.2, 0.25) is 0 Å². The van der Waals surface area contributed by atoms with E-state index >= 15 is 0 Å². The minimum Gasteiger partial charge on any atom is -0.463 e. The lowest BCUT2D eigenvalue weighted by Crippen LogP contribution is -1.76. The van der Waals surface area contributed by atoms with Crippen LogP contribution in [0.3, 0.4) is 0 Å². The maximum atomic E-state index is 7.42. The van der Waals surface area contributed by atoms with Gasteiger partial charge < -0.3 is 4.42 Å². The Morgan fingerprint density at radius 1 is 1.70 bits per heavy atom. The quantitative estimate of drug-likeness (QED) is 0.551. The highest BCUT2D eigenvalue weighted by Crippen LogP contribution is 2.13. The van der Waals surface area contributed by atoms with Crippen molar-refractivity contribution in [3.8, 4) is 0 Å². The van der Waals surface area contributed by atoms with Crippen molar-refractivity contribution in [1.29, 1.82) is 0 Å². The number of rotatable bonds is 0. The molecule has 0 amide bonds. The summed E-state index contributed by atoms with van der Waals surface area (Å²) in [5.74, 6) is 0. The zero-order chi connectivity index (χ0) is 7.84. The van der Waals surface area contributed by atoms with Gasteiger partial charge in [0.1, 0.15) is 0 Å². The van der Waals surface area contributed by atoms with Crippen LogP contribution in [0.25, 0.3) is 11.0 Å². The van der Waals surface area contributed by atoms with Crippen molar-refractivity contribution in [2.75, 3.05) is 0 Å². The second kappa shape index (κ2) is 1.84. The monoisotopic (exact) mass is 134 g/mol. The summed E-state index contributed by atoms with van der Waals surface area (Å²) in [6.07, 6.45) is 1.79. The zero-order valence-corrected chi connectivity index (χ0v) is 5.59. The largest absolute Gasteiger partial charge is 0.463 e. The van der Waals surface area contributed by atoms with E-state index in [0.717, 1.165) is 11.1 Å². The summed E-state index contributed by atoms with van der Waals surface area (Å²) in [5, 5.41) is 0.947. The molecule has 0 aliphatic heterocycles. The van der Waals surface area contributed by atoms with Gasteiger partial charge in [-0.05, 0) is 19.1 Å². The van der Waals surface area contributed by atoms with E-state index in [1.807, 2.05) is 19.1 Å². The minimum atomic E-state index is 0.213. The van der Waals surface area contributed by atoms with E-state index in [0.29, 0.717) is 5.58 Å². The van der Waals surface area contributed by atoms with Gasteiger partial charge in [-0.15, -0.1) is 0 Å². The predicted molar refractivity (Wildman–Crippen MR) is 38.7 cm³/mol. The number of nitrogens with zero attached hydrogens (tertiary/aromatic N) is 1. The fraction of sp³-hybridized carbons (Fsp3) is 0.125. The van der Waals surface area contributed by atoms with Gasteiger partial charge in [-0.3, -0.25) is 4.98 Å². The normalized spacial score (nSPS) is 11.9. The summed E-state index contributed by atoms with van der Waals surface area (Å²) in [7, 11) is 0. The Balaban J connectivity index is 2.91. The number of aromatic nitrogens is 1. The fourth-order valence-electron chi connectivity index (χ4n) is 0.920. The fourth-order valence-corrected chi connectivity index (χ4v) is 0.920. The van der Waals surface area contributed by atoms with E-state index in [1.54, 1.807) is 6.26 Å². The molecule has 10 heavy (non-hydrogen) atoms. The lowest BCUT2D eigenvalue weighted by molar-refractivity contribution is 0.614. The van der Waals surface area contributed by atoms with Gasteiger partial charge in [0.05, 0.1) is 13.8 Å². The summed E-state index contributed by atoms with van der Waals surface area (Å²) in [6.45, 7) is 1.87. The SMILES string of the molecule is [2H]c1nc(C)cc2ccoc12. The van der Waals surface area contributed by atoms with Gasteiger partial charge in [0.15, 0.2) is 5.58 Å². The van der Waals surface area contributed by atoms with E-state index in [1.165, 1.54) is 0 Å². The molecule has 2 aromatic heterocycles. The van der Waals surface area contributed by atoms with Crippen LogP contribution in [0.15, 0.2) is 29.0 Å². The Kier molecular flexibility index (Phi) is 0.826. The molecule has 0 spiro atoms. The van der Waals surface area contributed by atoms with Crippen LogP contribution in [0.1, 0.15) is 7.06 Å². The summed E-state index contributed by atoms with van der Waals surface area (Å²) in [5.41, 5.74) is 1.42. The van der Waals surface area contributed by atoms with Crippen LogP contribution < -0.4 is 0 Å². The van der Waals surface area contributed by atoms with E-state index < -0.39 is 0 Å². The van der Waals surface area contributed by atoms with Crippen LogP contribution >= 0.6 is 0 Å². The average molecular weight is 134 g/mol. The highest BCUT2D eigenvalue weighted by atomic mass is 16.3. The summed E-state index contributed by atoms with van der Waals surface area (Å²) >= 11 is 0. The topological polar surface area (TPSA) is 26.0 Å². The molecule has 2 nitrogen and oxygen atoms in total. The molecule has 0 aliphatic rings. The van der Waals surface area contributed by atoms with Crippen molar-refractivity contribution >= 4 is 11.0 Å². The zero-order valence-electron chi connectivity index (χ0n) is 6.59. The third kappa shape index (κ3) is 0.692. The van der Waals surface area contributed by atoms with Gasteiger partial charge in [0.2, 0.25) is 0 Å². The summed E-state index contributed by atoms with van der Waals surface area (Å²) < 4.78 is 12.5. The van der Waals surface area contributed by atoms with Gasteiger partial charge in [-0.2, -0.15) is 0 Å². The van der Waals surface area contributed by atoms with Gasteiger partial charge in [-0.1, -0.05) is 0 Å². The third-order valence-electron chi connectivity index (χ3n) is 1.39. The molecule has 0 radical (unpaired) electrons. The molecule has 0 saturated carbocycles. The highest BCUT2D eigenvalue weighted by molar-refractivity contribution is 5.76. The van der Waals surface area contributed by atoms with Gasteiger partial charge in [-0.25, -0.2) is 0 Å². The molecule has 2 heteroatoms. The Labute approximate surface area is 59.9 Å². The predicted octanol–water partition coefficient (Wildman–Crippen LogP) is 2.14. The molecule has 0 N–H and O–H groups in total. The van der Waals surface area contributed by atoms with Crippen LogP contribution in [0.4, 0.5) is 0 Å². The second-order valence-electron chi connectivity index (χ2n) is 2.21. The van der Waals surface area contributed by atoms with E-state index in [9.17, 15) is 0 Å². The van der Waals surface area contributed by atoms with Crippen LogP contribution in [-0.4, -0.2) is 4.98 Å². The minimum absolute atomic E-state index is 0.213. The van der Waals surface area contributed by atoms with Crippen molar-refractivity contribution in [3.05, 3.63) is 30.3 Å². The Morgan fingerprint density at radius 3 is 3.50 bits per heavy atom. The average Bonchev–Trinajstić information content (AvgIpc) is 2.34. The molecule has 2 aromatic rings. The number of aryl methyl sites for hydroxylation is 1. The molecule has 0 fully saturated rings. The molecule has 0 saturated heterocycles. The van der Waals surface area contributed by atoms with E-state index in [-0.39, 0.29) is 6.17 Å². The number of furan rings is 1. The Hall–Kier alpha value is -1.31. The third-order valence-corrected chi connectivity index (χ3v) is 1.39. The number of hydrogen-bond acceptors (Lipinski definition) is 2. The second-order valence-corrected chi connectivity index (χ2v) is 2.21. The van der Waals surface area contributed by atoms with Crippen molar-refractivity contribution in [2.45, 2.75) is 6.92 Å². The standard InChI is InChI=1S/C8H7NO/c1-6-4-7-2-3-10-8(7)5-9-6/h2-5H,1H3/i5D. The number of hydrogen-bond donors (Lipinski definition) is 0. The lowest BCUT2D eigenvalue weighted by Gasteiger charge is -1.88. The van der Waals surface area contributed by atoms with Crippen molar-refractivity contribution in [3.63, 3.8) is 0 Å². The molecule has 2 rings (SSSR count). The molecule has 0 aromatic carbocycles. The molecule has 0 unspecified atom stereocenters. The molecule has 0 aliphatic carbocycles. The molecule has 2 heterocycles. The van der Waals surface area contributed by atoms with E-state index in [2.05, 4.69) is 4.98 Å². The summed E-state index contributed by atoms with van der Waals surface area (Å²) in [4.78, 5) is 3.95. The Bertz CT molecular complexity index is 394. The lowest BCUT2D eigenvalue weighted by atomic mass is 10.3. The van der Waals surface area contributed by atoms with Crippen molar-refractivity contribution < 1.29 is 5.79 Å². The smallest absolute Gasteiger partial charge is 0.152 e. The van der Waals surface area contributed by atoms with Gasteiger partial charge in [0, 0.05) is 11.1 Å². The van der Waals surface area contributed by atoms with Gasteiger partial charge >= 0.3 is 0 Å². The van der Waals surface area contributed by atoms with Crippen LogP contribution in [0, 0.1) is 6.92 Å². The van der Waals surface area contributed by atoms with Gasteiger partial charge in [0.25, 0.3) is 0 Å². The molecular formula is C8H7NO. The maximum Gasteiger partial charge on any atom is 0.152 e. The van der Waals surface area contributed by atoms with Crippen LogP contribution in [-0.2, 0) is 0 Å². The first-order chi connectivity index (χ1) is 5.27. The molecule has 50 valence electrons. The maximum absolute atomic E-state index is 7.42. The van der Waals surface area contributed by atoms with E-state index in [4.69, 9.17) is 5.79 Å². The summed E-state index contributed by atoms with van der Waals surface area (Å²) in [6, 6.07) is 3.74.